The molecule has 0 bridgehead atoms. The molecule has 4 aromatic rings. The van der Waals surface area contributed by atoms with Crippen molar-refractivity contribution in [2.75, 3.05) is 0 Å². The summed E-state index contributed by atoms with van der Waals surface area (Å²) < 4.78 is 12.8. The molecule has 132 valence electrons. The molecule has 26 heavy (non-hydrogen) atoms. The van der Waals surface area contributed by atoms with Crippen molar-refractivity contribution in [2.45, 2.75) is 25.9 Å². The maximum Gasteiger partial charge on any atom is 0.268 e. The third kappa shape index (κ3) is 3.42. The first kappa shape index (κ1) is 16.3. The van der Waals surface area contributed by atoms with Crippen LogP contribution >= 0.6 is 0 Å². The number of hydrogen-bond donors (Lipinski definition) is 1. The maximum atomic E-state index is 12.6. The van der Waals surface area contributed by atoms with E-state index in [4.69, 9.17) is 8.83 Å². The summed E-state index contributed by atoms with van der Waals surface area (Å²) in [6.45, 7) is 1.11. The fourth-order valence-electron chi connectivity index (χ4n) is 3.16. The first-order chi connectivity index (χ1) is 12.8. The Morgan fingerprint density at radius 2 is 1.88 bits per heavy atom. The number of aryl methyl sites for hydroxylation is 2. The average molecular weight is 348 g/mol. The van der Waals surface area contributed by atoms with Crippen LogP contribution in [0.1, 0.15) is 28.2 Å². The zero-order chi connectivity index (χ0) is 17.8. The Kier molecular flexibility index (Phi) is 4.60. The number of carbonyl (C=O) groups excluding carboxylic acids is 1. The lowest BCUT2D eigenvalue weighted by atomic mass is 10.1. The molecule has 0 saturated carbocycles. The van der Waals surface area contributed by atoms with Gasteiger partial charge in [0.25, 0.3) is 5.91 Å². The van der Waals surface area contributed by atoms with Crippen molar-refractivity contribution in [3.05, 3.63) is 84.1 Å². The van der Waals surface area contributed by atoms with E-state index in [0.29, 0.717) is 12.2 Å². The minimum absolute atomic E-state index is 0.132. The molecule has 1 N–H and O–H groups in total. The van der Waals surface area contributed by atoms with Gasteiger partial charge in [0, 0.05) is 18.7 Å². The third-order valence-electron chi connectivity index (χ3n) is 4.45. The number of nitrogens with zero attached hydrogens (tertiary/aromatic N) is 1. The number of hydrogen-bond acceptors (Lipinski definition) is 3. The molecule has 0 radical (unpaired) electrons. The lowest BCUT2D eigenvalue weighted by molar-refractivity contribution is 0.0939. The second kappa shape index (κ2) is 7.35. The highest BCUT2D eigenvalue weighted by molar-refractivity contribution is 5.97. The Bertz CT molecular complexity index is 981. The molecule has 0 aliphatic carbocycles. The summed E-state index contributed by atoms with van der Waals surface area (Å²) in [5, 5.41) is 2.91. The first-order valence-electron chi connectivity index (χ1n) is 8.72. The van der Waals surface area contributed by atoms with Gasteiger partial charge in [-0.05, 0) is 30.5 Å². The van der Waals surface area contributed by atoms with E-state index in [0.717, 1.165) is 36.2 Å². The minimum Gasteiger partial charge on any atom is -0.467 e. The van der Waals surface area contributed by atoms with Gasteiger partial charge in [-0.3, -0.25) is 4.79 Å². The van der Waals surface area contributed by atoms with Crippen molar-refractivity contribution in [3.8, 4) is 0 Å². The standard InChI is InChI=1S/C21H20N2O3/c24-21(22-15-17-9-5-12-25-17)19-14-20-18(10-13-26-20)23(19)11-4-8-16-6-2-1-3-7-16/h1-3,5-7,9-10,12-14H,4,8,11,15H2,(H,22,24). The summed E-state index contributed by atoms with van der Waals surface area (Å²) in [7, 11) is 0. The van der Waals surface area contributed by atoms with Crippen LogP contribution in [0.3, 0.4) is 0 Å². The highest BCUT2D eigenvalue weighted by Gasteiger charge is 2.17. The second-order valence-corrected chi connectivity index (χ2v) is 6.20. The van der Waals surface area contributed by atoms with Gasteiger partial charge in [0.1, 0.15) is 11.5 Å². The Morgan fingerprint density at radius 1 is 1.00 bits per heavy atom. The van der Waals surface area contributed by atoms with Gasteiger partial charge in [0.2, 0.25) is 0 Å². The monoisotopic (exact) mass is 348 g/mol. The number of amides is 1. The maximum absolute atomic E-state index is 12.6. The van der Waals surface area contributed by atoms with E-state index in [1.165, 1.54) is 5.56 Å². The highest BCUT2D eigenvalue weighted by atomic mass is 16.3. The van der Waals surface area contributed by atoms with Gasteiger partial charge in [-0.15, -0.1) is 0 Å². The Hall–Kier alpha value is -3.21. The number of nitrogens with one attached hydrogen (secondary N) is 1. The molecule has 3 aromatic heterocycles. The molecule has 0 unspecified atom stereocenters. The normalized spacial score (nSPS) is 11.1. The van der Waals surface area contributed by atoms with Crippen molar-refractivity contribution in [1.82, 2.24) is 9.88 Å². The summed E-state index contributed by atoms with van der Waals surface area (Å²) in [6, 6.07) is 17.7. The number of benzene rings is 1. The van der Waals surface area contributed by atoms with E-state index in [2.05, 4.69) is 17.4 Å². The van der Waals surface area contributed by atoms with Gasteiger partial charge >= 0.3 is 0 Å². The van der Waals surface area contributed by atoms with Gasteiger partial charge in [-0.2, -0.15) is 0 Å². The Balaban J connectivity index is 1.48. The highest BCUT2D eigenvalue weighted by Crippen LogP contribution is 2.22. The summed E-state index contributed by atoms with van der Waals surface area (Å²) in [5.74, 6) is 0.594. The van der Waals surface area contributed by atoms with Crippen molar-refractivity contribution in [1.29, 1.82) is 0 Å². The van der Waals surface area contributed by atoms with E-state index in [-0.39, 0.29) is 5.91 Å². The van der Waals surface area contributed by atoms with Crippen LogP contribution in [-0.4, -0.2) is 10.5 Å². The molecule has 0 aliphatic rings. The number of aromatic nitrogens is 1. The van der Waals surface area contributed by atoms with E-state index in [9.17, 15) is 4.79 Å². The predicted molar refractivity (Wildman–Crippen MR) is 98.8 cm³/mol. The molecule has 5 nitrogen and oxygen atoms in total. The van der Waals surface area contributed by atoms with Crippen molar-refractivity contribution < 1.29 is 13.6 Å². The largest absolute Gasteiger partial charge is 0.467 e. The summed E-state index contributed by atoms with van der Waals surface area (Å²) in [5.41, 5.74) is 3.58. The van der Waals surface area contributed by atoms with E-state index in [1.54, 1.807) is 24.7 Å². The third-order valence-corrected chi connectivity index (χ3v) is 4.45. The van der Waals surface area contributed by atoms with Gasteiger partial charge in [-0.25, -0.2) is 0 Å². The lowest BCUT2D eigenvalue weighted by Gasteiger charge is -2.10. The average Bonchev–Trinajstić information content (AvgIpc) is 3.39. The SMILES string of the molecule is O=C(NCc1ccco1)c1cc2occc2n1CCCc1ccccc1. The molecule has 4 rings (SSSR count). The summed E-state index contributed by atoms with van der Waals surface area (Å²) in [4.78, 5) is 12.6. The van der Waals surface area contributed by atoms with Gasteiger partial charge in [0.05, 0.1) is 24.6 Å². The van der Waals surface area contributed by atoms with Gasteiger partial charge in [-0.1, -0.05) is 30.3 Å². The quantitative estimate of drug-likeness (QED) is 0.539. The second-order valence-electron chi connectivity index (χ2n) is 6.20. The van der Waals surface area contributed by atoms with Crippen LogP contribution in [0.4, 0.5) is 0 Å². The fourth-order valence-corrected chi connectivity index (χ4v) is 3.16. The van der Waals surface area contributed by atoms with Crippen molar-refractivity contribution >= 4 is 17.0 Å². The summed E-state index contributed by atoms with van der Waals surface area (Å²) in [6.07, 6.45) is 5.16. The van der Waals surface area contributed by atoms with E-state index in [1.807, 2.05) is 34.9 Å². The van der Waals surface area contributed by atoms with Crippen LogP contribution in [0, 0.1) is 0 Å². The predicted octanol–water partition coefficient (Wildman–Crippen LogP) is 4.39. The number of rotatable bonds is 7. The van der Waals surface area contributed by atoms with Crippen LogP contribution in [0.2, 0.25) is 0 Å². The molecule has 1 aromatic carbocycles. The van der Waals surface area contributed by atoms with Crippen molar-refractivity contribution in [2.24, 2.45) is 0 Å². The lowest BCUT2D eigenvalue weighted by Crippen LogP contribution is -2.25. The molecule has 3 heterocycles. The Labute approximate surface area is 151 Å². The zero-order valence-electron chi connectivity index (χ0n) is 14.4. The topological polar surface area (TPSA) is 60.3 Å². The Morgan fingerprint density at radius 3 is 2.69 bits per heavy atom. The van der Waals surface area contributed by atoms with Crippen LogP contribution in [0.25, 0.3) is 11.1 Å². The van der Waals surface area contributed by atoms with Crippen molar-refractivity contribution in [3.63, 3.8) is 0 Å². The zero-order valence-corrected chi connectivity index (χ0v) is 14.4. The van der Waals surface area contributed by atoms with E-state index >= 15 is 0 Å². The fraction of sp³-hybridized carbons (Fsp3) is 0.190. The molecule has 0 aliphatic heterocycles. The summed E-state index contributed by atoms with van der Waals surface area (Å²) >= 11 is 0. The minimum atomic E-state index is -0.132. The number of furan rings is 2. The van der Waals surface area contributed by atoms with Crippen LogP contribution in [-0.2, 0) is 19.5 Å². The molecule has 5 heteroatoms. The first-order valence-corrected chi connectivity index (χ1v) is 8.72. The van der Waals surface area contributed by atoms with Crippen LogP contribution in [0.15, 0.2) is 76.0 Å². The molecular weight excluding hydrogens is 328 g/mol. The molecule has 1 amide bonds. The van der Waals surface area contributed by atoms with Gasteiger partial charge in [0.15, 0.2) is 5.58 Å². The van der Waals surface area contributed by atoms with Gasteiger partial charge < -0.3 is 18.7 Å². The smallest absolute Gasteiger partial charge is 0.268 e. The molecule has 0 fully saturated rings. The van der Waals surface area contributed by atoms with Crippen LogP contribution in [0.5, 0.6) is 0 Å². The van der Waals surface area contributed by atoms with E-state index < -0.39 is 0 Å². The molecule has 0 saturated heterocycles. The van der Waals surface area contributed by atoms with Crippen LogP contribution < -0.4 is 5.32 Å². The number of carbonyl (C=O) groups is 1. The number of fused-ring (bicyclic) bond motifs is 1. The molecular formula is C21H20N2O3. The molecule has 0 spiro atoms. The molecule has 0 atom stereocenters.